The molecule has 2 rings (SSSR count). The summed E-state index contributed by atoms with van der Waals surface area (Å²) in [6.07, 6.45) is 2.14. The zero-order chi connectivity index (χ0) is 13.7. The first-order valence-corrected chi connectivity index (χ1v) is 7.31. The number of nitriles is 1. The molecule has 19 heavy (non-hydrogen) atoms. The van der Waals surface area contributed by atoms with Crippen molar-refractivity contribution in [2.24, 2.45) is 0 Å². The number of morpholine rings is 1. The summed E-state index contributed by atoms with van der Waals surface area (Å²) in [6.45, 7) is 9.19. The van der Waals surface area contributed by atoms with E-state index in [0.29, 0.717) is 6.04 Å². The number of nitrogens with one attached hydrogen (secondary N) is 1. The lowest BCUT2D eigenvalue weighted by atomic mass is 10.0. The van der Waals surface area contributed by atoms with E-state index in [1.807, 2.05) is 14.0 Å². The molecule has 0 aromatic carbocycles. The lowest BCUT2D eigenvalue weighted by Gasteiger charge is -2.32. The Labute approximate surface area is 116 Å². The van der Waals surface area contributed by atoms with Crippen LogP contribution in [0.5, 0.6) is 0 Å². The van der Waals surface area contributed by atoms with E-state index < -0.39 is 5.54 Å². The average Bonchev–Trinajstić information content (AvgIpc) is 2.95. The lowest BCUT2D eigenvalue weighted by Crippen LogP contribution is -2.45. The van der Waals surface area contributed by atoms with E-state index in [1.165, 1.54) is 6.42 Å². The third-order valence-electron chi connectivity index (χ3n) is 4.54. The van der Waals surface area contributed by atoms with Crippen molar-refractivity contribution in [1.82, 2.24) is 15.1 Å². The Morgan fingerprint density at radius 1 is 1.37 bits per heavy atom. The normalized spacial score (nSPS) is 29.0. The maximum atomic E-state index is 9.16. The van der Waals surface area contributed by atoms with Gasteiger partial charge in [-0.05, 0) is 33.4 Å². The second kappa shape index (κ2) is 6.67. The number of likely N-dealkylation sites (tertiary alicyclic amines) is 1. The van der Waals surface area contributed by atoms with Crippen molar-refractivity contribution in [1.29, 1.82) is 5.26 Å². The molecule has 2 aliphatic rings. The van der Waals surface area contributed by atoms with Gasteiger partial charge in [-0.25, -0.2) is 0 Å². The third-order valence-corrected chi connectivity index (χ3v) is 4.54. The predicted molar refractivity (Wildman–Crippen MR) is 74.9 cm³/mol. The molecule has 0 aromatic heterocycles. The fraction of sp³-hybridized carbons (Fsp3) is 0.929. The Hall–Kier alpha value is -0.670. The first kappa shape index (κ1) is 14.7. The Bertz CT molecular complexity index is 324. The molecular formula is C14H26N4O. The summed E-state index contributed by atoms with van der Waals surface area (Å²) >= 11 is 0. The van der Waals surface area contributed by atoms with Gasteiger partial charge in [0.05, 0.1) is 19.3 Å². The van der Waals surface area contributed by atoms with Gasteiger partial charge >= 0.3 is 0 Å². The zero-order valence-electron chi connectivity index (χ0n) is 12.2. The fourth-order valence-electron chi connectivity index (χ4n) is 2.87. The van der Waals surface area contributed by atoms with Crippen LogP contribution in [0.25, 0.3) is 0 Å². The van der Waals surface area contributed by atoms with E-state index in [1.54, 1.807) is 0 Å². The molecule has 2 unspecified atom stereocenters. The van der Waals surface area contributed by atoms with E-state index in [2.05, 4.69) is 21.2 Å². The van der Waals surface area contributed by atoms with Crippen LogP contribution in [0, 0.1) is 11.3 Å². The molecule has 0 radical (unpaired) electrons. The Morgan fingerprint density at radius 2 is 2.11 bits per heavy atom. The minimum Gasteiger partial charge on any atom is -0.379 e. The number of rotatable bonds is 5. The summed E-state index contributed by atoms with van der Waals surface area (Å²) in [6, 6.07) is 3.05. The summed E-state index contributed by atoms with van der Waals surface area (Å²) in [7, 11) is 1.86. The second-order valence-electron chi connectivity index (χ2n) is 5.84. The van der Waals surface area contributed by atoms with Gasteiger partial charge in [0.25, 0.3) is 0 Å². The Balaban J connectivity index is 1.74. The van der Waals surface area contributed by atoms with Crippen molar-refractivity contribution in [2.75, 3.05) is 53.0 Å². The molecule has 2 saturated heterocycles. The van der Waals surface area contributed by atoms with E-state index >= 15 is 0 Å². The molecular weight excluding hydrogens is 240 g/mol. The summed E-state index contributed by atoms with van der Waals surface area (Å²) in [5.41, 5.74) is -0.392. The van der Waals surface area contributed by atoms with Gasteiger partial charge in [-0.2, -0.15) is 5.26 Å². The molecule has 0 bridgehead atoms. The standard InChI is InChI=1S/C14H26N4O/c1-14(12-15,16-2)4-6-17-5-3-13(11-17)18-7-9-19-10-8-18/h13,16H,3-11H2,1-2H3. The van der Waals surface area contributed by atoms with Crippen LogP contribution in [-0.2, 0) is 4.74 Å². The van der Waals surface area contributed by atoms with Crippen molar-refractivity contribution < 1.29 is 4.74 Å². The number of nitrogens with zero attached hydrogens (tertiary/aromatic N) is 3. The molecule has 0 saturated carbocycles. The molecule has 0 aliphatic carbocycles. The minimum atomic E-state index is -0.392. The average molecular weight is 266 g/mol. The highest BCUT2D eigenvalue weighted by Gasteiger charge is 2.30. The molecule has 0 aromatic rings. The van der Waals surface area contributed by atoms with Gasteiger partial charge in [0.2, 0.25) is 0 Å². The van der Waals surface area contributed by atoms with Gasteiger partial charge in [0.15, 0.2) is 0 Å². The molecule has 5 nitrogen and oxygen atoms in total. The SMILES string of the molecule is CNC(C)(C#N)CCN1CCC(N2CCOCC2)C1. The molecule has 5 heteroatoms. The van der Waals surface area contributed by atoms with Gasteiger partial charge in [-0.15, -0.1) is 0 Å². The summed E-state index contributed by atoms with van der Waals surface area (Å²) in [4.78, 5) is 5.05. The van der Waals surface area contributed by atoms with Crippen LogP contribution < -0.4 is 5.32 Å². The van der Waals surface area contributed by atoms with Crippen molar-refractivity contribution in [2.45, 2.75) is 31.3 Å². The van der Waals surface area contributed by atoms with Crippen LogP contribution >= 0.6 is 0 Å². The maximum Gasteiger partial charge on any atom is 0.104 e. The highest BCUT2D eigenvalue weighted by molar-refractivity contribution is 5.03. The number of hydrogen-bond donors (Lipinski definition) is 1. The second-order valence-corrected chi connectivity index (χ2v) is 5.84. The lowest BCUT2D eigenvalue weighted by molar-refractivity contribution is 0.0184. The molecule has 0 amide bonds. The number of ether oxygens (including phenoxy) is 1. The predicted octanol–water partition coefficient (Wildman–Crippen LogP) is 0.285. The summed E-state index contributed by atoms with van der Waals surface area (Å²) in [5.74, 6) is 0. The van der Waals surface area contributed by atoms with Crippen LogP contribution in [0.4, 0.5) is 0 Å². The molecule has 1 N–H and O–H groups in total. The van der Waals surface area contributed by atoms with Gasteiger partial charge in [0, 0.05) is 32.2 Å². The quantitative estimate of drug-likeness (QED) is 0.775. The molecule has 2 fully saturated rings. The van der Waals surface area contributed by atoms with Crippen LogP contribution in [0.15, 0.2) is 0 Å². The van der Waals surface area contributed by atoms with Crippen LogP contribution in [-0.4, -0.2) is 74.4 Å². The third kappa shape index (κ3) is 3.90. The topological polar surface area (TPSA) is 51.5 Å². The first-order valence-electron chi connectivity index (χ1n) is 7.31. The zero-order valence-corrected chi connectivity index (χ0v) is 12.2. The van der Waals surface area contributed by atoms with Crippen LogP contribution in [0.1, 0.15) is 19.8 Å². The molecule has 2 atom stereocenters. The molecule has 2 aliphatic heterocycles. The van der Waals surface area contributed by atoms with Gasteiger partial charge < -0.3 is 15.0 Å². The van der Waals surface area contributed by atoms with E-state index in [-0.39, 0.29) is 0 Å². The van der Waals surface area contributed by atoms with Crippen LogP contribution in [0.2, 0.25) is 0 Å². The molecule has 108 valence electrons. The minimum absolute atomic E-state index is 0.392. The summed E-state index contributed by atoms with van der Waals surface area (Å²) in [5, 5.41) is 12.3. The van der Waals surface area contributed by atoms with Crippen molar-refractivity contribution in [3.05, 3.63) is 0 Å². The summed E-state index contributed by atoms with van der Waals surface area (Å²) < 4.78 is 5.41. The maximum absolute atomic E-state index is 9.16. The fourth-order valence-corrected chi connectivity index (χ4v) is 2.87. The van der Waals surface area contributed by atoms with Crippen molar-refractivity contribution in [3.63, 3.8) is 0 Å². The highest BCUT2D eigenvalue weighted by atomic mass is 16.5. The Kier molecular flexibility index (Phi) is 5.17. The smallest absolute Gasteiger partial charge is 0.104 e. The van der Waals surface area contributed by atoms with E-state index in [4.69, 9.17) is 10.00 Å². The van der Waals surface area contributed by atoms with E-state index in [9.17, 15) is 0 Å². The van der Waals surface area contributed by atoms with Crippen LogP contribution in [0.3, 0.4) is 0 Å². The Morgan fingerprint density at radius 3 is 2.74 bits per heavy atom. The number of hydrogen-bond acceptors (Lipinski definition) is 5. The van der Waals surface area contributed by atoms with Crippen molar-refractivity contribution >= 4 is 0 Å². The monoisotopic (exact) mass is 266 g/mol. The van der Waals surface area contributed by atoms with Crippen molar-refractivity contribution in [3.8, 4) is 6.07 Å². The largest absolute Gasteiger partial charge is 0.379 e. The van der Waals surface area contributed by atoms with E-state index in [0.717, 1.165) is 52.4 Å². The van der Waals surface area contributed by atoms with Gasteiger partial charge in [-0.3, -0.25) is 4.90 Å². The first-order chi connectivity index (χ1) is 9.17. The highest BCUT2D eigenvalue weighted by Crippen LogP contribution is 2.18. The van der Waals surface area contributed by atoms with Gasteiger partial charge in [-0.1, -0.05) is 0 Å². The molecule has 0 spiro atoms. The van der Waals surface area contributed by atoms with Gasteiger partial charge in [0.1, 0.15) is 5.54 Å². The molecule has 2 heterocycles.